The maximum atomic E-state index is 13.3. The number of carboxylic acids is 1. The summed E-state index contributed by atoms with van der Waals surface area (Å²) in [6.07, 6.45) is 1.14. The molecule has 5 nitrogen and oxygen atoms in total. The van der Waals surface area contributed by atoms with Gasteiger partial charge in [0.05, 0.1) is 29.0 Å². The van der Waals surface area contributed by atoms with Gasteiger partial charge < -0.3 is 10.4 Å². The molecule has 0 fully saturated rings. The predicted molar refractivity (Wildman–Crippen MR) is 74.9 cm³/mol. The Morgan fingerprint density at radius 3 is 2.62 bits per heavy atom. The van der Waals surface area contributed by atoms with Crippen molar-refractivity contribution in [2.45, 2.75) is 6.42 Å². The highest BCUT2D eigenvalue weighted by Gasteiger charge is 2.10. The number of nitrogens with one attached hydrogen (secondary N) is 1. The van der Waals surface area contributed by atoms with Crippen LogP contribution in [0, 0.1) is 5.82 Å². The highest BCUT2D eigenvalue weighted by atomic mass is 35.5. The van der Waals surface area contributed by atoms with E-state index in [9.17, 15) is 14.0 Å². The fourth-order valence-electron chi connectivity index (χ4n) is 1.60. The van der Waals surface area contributed by atoms with E-state index in [1.54, 1.807) is 0 Å². The molecule has 0 atom stereocenters. The number of benzene rings is 1. The van der Waals surface area contributed by atoms with Crippen molar-refractivity contribution in [2.75, 3.05) is 5.32 Å². The molecule has 0 radical (unpaired) electrons. The Kier molecular flexibility index (Phi) is 4.49. The highest BCUT2D eigenvalue weighted by Crippen LogP contribution is 2.16. The quantitative estimate of drug-likeness (QED) is 0.910. The molecule has 21 heavy (non-hydrogen) atoms. The summed E-state index contributed by atoms with van der Waals surface area (Å²) in [5, 5.41) is 11.1. The van der Waals surface area contributed by atoms with E-state index in [0.29, 0.717) is 11.4 Å². The molecule has 0 spiro atoms. The topological polar surface area (TPSA) is 79.3 Å². The molecule has 1 aromatic carbocycles. The second-order valence-electron chi connectivity index (χ2n) is 4.19. The second kappa shape index (κ2) is 6.32. The lowest BCUT2D eigenvalue weighted by molar-refractivity contribution is -0.136. The minimum atomic E-state index is -0.990. The fourth-order valence-corrected chi connectivity index (χ4v) is 1.72. The number of rotatable bonds is 4. The van der Waals surface area contributed by atoms with Crippen molar-refractivity contribution in [3.05, 3.63) is 58.6 Å². The zero-order chi connectivity index (χ0) is 15.4. The summed E-state index contributed by atoms with van der Waals surface area (Å²) < 4.78 is 13.3. The smallest absolute Gasteiger partial charge is 0.309 e. The largest absolute Gasteiger partial charge is 0.481 e. The number of anilines is 1. The lowest BCUT2D eigenvalue weighted by atomic mass is 10.2. The van der Waals surface area contributed by atoms with Crippen LogP contribution in [0.3, 0.4) is 0 Å². The van der Waals surface area contributed by atoms with Crippen LogP contribution in [-0.4, -0.2) is 22.0 Å². The van der Waals surface area contributed by atoms with Gasteiger partial charge >= 0.3 is 5.97 Å². The van der Waals surface area contributed by atoms with Crippen LogP contribution in [-0.2, 0) is 11.2 Å². The SMILES string of the molecule is O=C(O)Cc1ccc(NC(=O)c2ccc(Cl)c(F)c2)cn1. The number of aliphatic carboxylic acids is 1. The zero-order valence-electron chi connectivity index (χ0n) is 10.6. The van der Waals surface area contributed by atoms with Gasteiger partial charge in [0.1, 0.15) is 5.82 Å². The average molecular weight is 309 g/mol. The van der Waals surface area contributed by atoms with Crippen molar-refractivity contribution in [3.63, 3.8) is 0 Å². The third kappa shape index (κ3) is 4.00. The van der Waals surface area contributed by atoms with Gasteiger partial charge in [0.15, 0.2) is 0 Å². The lowest BCUT2D eigenvalue weighted by Crippen LogP contribution is -2.12. The summed E-state index contributed by atoms with van der Waals surface area (Å²) in [6, 6.07) is 6.73. The van der Waals surface area contributed by atoms with E-state index in [1.807, 2.05) is 0 Å². The van der Waals surface area contributed by atoms with Gasteiger partial charge in [-0.1, -0.05) is 11.6 Å². The number of carbonyl (C=O) groups is 2. The van der Waals surface area contributed by atoms with Gasteiger partial charge in [-0.05, 0) is 30.3 Å². The van der Waals surface area contributed by atoms with Gasteiger partial charge in [-0.3, -0.25) is 14.6 Å². The van der Waals surface area contributed by atoms with Crippen molar-refractivity contribution in [2.24, 2.45) is 0 Å². The Labute approximate surface area is 124 Å². The third-order valence-corrected chi connectivity index (χ3v) is 2.90. The standard InChI is InChI=1S/C14H10ClFN2O3/c15-11-4-1-8(5-12(11)16)14(21)18-10-3-2-9(17-7-10)6-13(19)20/h1-5,7H,6H2,(H,18,21)(H,19,20). The Balaban J connectivity index is 2.08. The minimum absolute atomic E-state index is 0.0637. The van der Waals surface area contributed by atoms with Crippen molar-refractivity contribution in [1.29, 1.82) is 0 Å². The molecule has 1 amide bonds. The molecule has 0 aliphatic rings. The molecule has 2 N–H and O–H groups in total. The number of aromatic nitrogens is 1. The summed E-state index contributed by atoms with van der Waals surface area (Å²) >= 11 is 5.54. The van der Waals surface area contributed by atoms with Gasteiger partial charge in [-0.15, -0.1) is 0 Å². The van der Waals surface area contributed by atoms with E-state index in [0.717, 1.165) is 6.07 Å². The predicted octanol–water partition coefficient (Wildman–Crippen LogP) is 2.75. The summed E-state index contributed by atoms with van der Waals surface area (Å²) in [4.78, 5) is 26.3. The number of halogens is 2. The molecular weight excluding hydrogens is 299 g/mol. The normalized spacial score (nSPS) is 10.2. The van der Waals surface area contributed by atoms with Crippen molar-refractivity contribution in [1.82, 2.24) is 4.98 Å². The van der Waals surface area contributed by atoms with Crippen molar-refractivity contribution >= 4 is 29.2 Å². The first-order valence-corrected chi connectivity index (χ1v) is 6.26. The highest BCUT2D eigenvalue weighted by molar-refractivity contribution is 6.30. The number of carbonyl (C=O) groups excluding carboxylic acids is 1. The summed E-state index contributed by atoms with van der Waals surface area (Å²) in [5.74, 6) is -2.19. The fraction of sp³-hybridized carbons (Fsp3) is 0.0714. The van der Waals surface area contributed by atoms with E-state index < -0.39 is 17.7 Å². The first kappa shape index (κ1) is 14.9. The van der Waals surface area contributed by atoms with Crippen LogP contribution >= 0.6 is 11.6 Å². The molecule has 0 unspecified atom stereocenters. The Morgan fingerprint density at radius 2 is 2.05 bits per heavy atom. The zero-order valence-corrected chi connectivity index (χ0v) is 11.4. The van der Waals surface area contributed by atoms with Crippen LogP contribution in [0.15, 0.2) is 36.5 Å². The molecule has 0 aliphatic carbocycles. The van der Waals surface area contributed by atoms with Crippen LogP contribution in [0.4, 0.5) is 10.1 Å². The number of nitrogens with zero attached hydrogens (tertiary/aromatic N) is 1. The molecule has 108 valence electrons. The molecule has 2 rings (SSSR count). The van der Waals surface area contributed by atoms with E-state index in [-0.39, 0.29) is 17.0 Å². The molecule has 0 saturated carbocycles. The molecule has 0 aliphatic heterocycles. The average Bonchev–Trinajstić information content (AvgIpc) is 2.43. The van der Waals surface area contributed by atoms with Crippen LogP contribution in [0.5, 0.6) is 0 Å². The van der Waals surface area contributed by atoms with Gasteiger partial charge in [-0.2, -0.15) is 0 Å². The molecular formula is C14H10ClFN2O3. The summed E-state index contributed by atoms with van der Waals surface area (Å²) in [7, 11) is 0. The van der Waals surface area contributed by atoms with Gasteiger partial charge in [0.25, 0.3) is 5.91 Å². The number of pyridine rings is 1. The molecule has 0 saturated heterocycles. The van der Waals surface area contributed by atoms with Crippen LogP contribution in [0.25, 0.3) is 0 Å². The monoisotopic (exact) mass is 308 g/mol. The molecule has 1 aromatic heterocycles. The maximum absolute atomic E-state index is 13.3. The van der Waals surface area contributed by atoms with Crippen LogP contribution in [0.1, 0.15) is 16.1 Å². The van der Waals surface area contributed by atoms with Crippen molar-refractivity contribution < 1.29 is 19.1 Å². The van der Waals surface area contributed by atoms with E-state index in [4.69, 9.17) is 16.7 Å². The Morgan fingerprint density at radius 1 is 1.29 bits per heavy atom. The first-order chi connectivity index (χ1) is 9.95. The minimum Gasteiger partial charge on any atom is -0.481 e. The number of amides is 1. The van der Waals surface area contributed by atoms with Crippen LogP contribution in [0.2, 0.25) is 5.02 Å². The van der Waals surface area contributed by atoms with Gasteiger partial charge in [0.2, 0.25) is 0 Å². The van der Waals surface area contributed by atoms with Gasteiger partial charge in [-0.25, -0.2) is 4.39 Å². The maximum Gasteiger partial charge on any atom is 0.309 e. The summed E-state index contributed by atoms with van der Waals surface area (Å²) in [5.41, 5.74) is 0.869. The summed E-state index contributed by atoms with van der Waals surface area (Å²) in [6.45, 7) is 0. The number of hydrogen-bond donors (Lipinski definition) is 2. The molecule has 1 heterocycles. The first-order valence-electron chi connectivity index (χ1n) is 5.89. The Hall–Kier alpha value is -2.47. The number of carboxylic acid groups (broad SMARTS) is 1. The van der Waals surface area contributed by atoms with E-state index >= 15 is 0 Å². The molecule has 0 bridgehead atoms. The van der Waals surface area contributed by atoms with Crippen LogP contribution < -0.4 is 5.32 Å². The second-order valence-corrected chi connectivity index (χ2v) is 4.60. The third-order valence-electron chi connectivity index (χ3n) is 2.60. The lowest BCUT2D eigenvalue weighted by Gasteiger charge is -2.06. The van der Waals surface area contributed by atoms with E-state index in [2.05, 4.69) is 10.3 Å². The van der Waals surface area contributed by atoms with E-state index in [1.165, 1.54) is 30.5 Å². The van der Waals surface area contributed by atoms with Gasteiger partial charge in [0, 0.05) is 5.56 Å². The molecule has 7 heteroatoms. The number of hydrogen-bond acceptors (Lipinski definition) is 3. The Bertz CT molecular complexity index is 689. The molecule has 2 aromatic rings. The van der Waals surface area contributed by atoms with Crippen molar-refractivity contribution in [3.8, 4) is 0 Å².